The lowest BCUT2D eigenvalue weighted by atomic mass is 9.99. The molecule has 6 nitrogen and oxygen atoms in total. The fraction of sp³-hybridized carbons (Fsp3) is 0.905. The van der Waals surface area contributed by atoms with E-state index in [1.54, 1.807) is 19.0 Å². The molecule has 0 spiro atoms. The summed E-state index contributed by atoms with van der Waals surface area (Å²) in [5.41, 5.74) is 0. The average molecular weight is 511 g/mol. The van der Waals surface area contributed by atoms with E-state index in [0.29, 0.717) is 12.0 Å². The Morgan fingerprint density at radius 1 is 1.21 bits per heavy atom. The number of carbonyl (C=O) groups is 1. The molecule has 0 bridgehead atoms. The number of amides is 1. The second kappa shape index (κ2) is 17.3. The van der Waals surface area contributed by atoms with Crippen LogP contribution in [0.4, 0.5) is 0 Å². The van der Waals surface area contributed by atoms with Crippen LogP contribution in [0.1, 0.15) is 71.6 Å². The minimum atomic E-state index is 0. The van der Waals surface area contributed by atoms with Crippen LogP contribution in [0.2, 0.25) is 0 Å². The molecule has 1 aliphatic rings. The lowest BCUT2D eigenvalue weighted by Crippen LogP contribution is -2.41. The number of hydrogen-bond acceptors (Lipinski definition) is 3. The van der Waals surface area contributed by atoms with Crippen molar-refractivity contribution in [3.8, 4) is 0 Å². The Hall–Kier alpha value is -0.570. The van der Waals surface area contributed by atoms with E-state index in [9.17, 15) is 4.79 Å². The maximum atomic E-state index is 11.9. The maximum Gasteiger partial charge on any atom is 0.243 e. The van der Waals surface area contributed by atoms with Crippen LogP contribution in [0.3, 0.4) is 0 Å². The molecule has 0 saturated carbocycles. The Balaban J connectivity index is 0.00000729. The van der Waals surface area contributed by atoms with Crippen molar-refractivity contribution in [1.29, 1.82) is 0 Å². The van der Waals surface area contributed by atoms with Crippen LogP contribution in [0.25, 0.3) is 0 Å². The van der Waals surface area contributed by atoms with Crippen molar-refractivity contribution in [2.24, 2.45) is 10.9 Å². The maximum absolute atomic E-state index is 11.9. The summed E-state index contributed by atoms with van der Waals surface area (Å²) in [4.78, 5) is 17.9. The normalized spacial score (nSPS) is 18.1. The summed E-state index contributed by atoms with van der Waals surface area (Å²) in [7, 11) is 3.53. The number of nitrogens with one attached hydrogen (secondary N) is 2. The number of unbranched alkanes of at least 4 members (excludes halogenated alkanes) is 1. The molecule has 166 valence electrons. The lowest BCUT2D eigenvalue weighted by Gasteiger charge is -2.23. The topological polar surface area (TPSA) is 66.0 Å². The first-order valence-corrected chi connectivity index (χ1v) is 10.9. The van der Waals surface area contributed by atoms with Crippen molar-refractivity contribution in [3.05, 3.63) is 0 Å². The third-order valence-corrected chi connectivity index (χ3v) is 5.24. The standard InChI is InChI=1S/C21H42N4O2.HI/c1-5-7-11-18(6-2)16-23-21(24-17-20(26)25(3)4)22-14-10-13-19-12-8-9-15-27-19;/h18-19H,5-17H2,1-4H3,(H2,22,23,24);1H. The van der Waals surface area contributed by atoms with Gasteiger partial charge < -0.3 is 20.3 Å². The Morgan fingerprint density at radius 2 is 2.00 bits per heavy atom. The Kier molecular flexibility index (Phi) is 16.9. The predicted molar refractivity (Wildman–Crippen MR) is 129 cm³/mol. The van der Waals surface area contributed by atoms with E-state index >= 15 is 0 Å². The number of aliphatic imine (C=N–C) groups is 1. The van der Waals surface area contributed by atoms with Crippen molar-refractivity contribution in [1.82, 2.24) is 15.5 Å². The van der Waals surface area contributed by atoms with E-state index in [2.05, 4.69) is 29.5 Å². The van der Waals surface area contributed by atoms with Gasteiger partial charge in [-0.2, -0.15) is 0 Å². The number of rotatable bonds is 12. The van der Waals surface area contributed by atoms with Gasteiger partial charge >= 0.3 is 0 Å². The highest BCUT2D eigenvalue weighted by Gasteiger charge is 2.13. The lowest BCUT2D eigenvalue weighted by molar-refractivity contribution is -0.127. The number of likely N-dealkylation sites (N-methyl/N-ethyl adjacent to an activating group) is 1. The van der Waals surface area contributed by atoms with Gasteiger partial charge in [-0.25, -0.2) is 4.99 Å². The van der Waals surface area contributed by atoms with Gasteiger partial charge in [0, 0.05) is 33.8 Å². The third-order valence-electron chi connectivity index (χ3n) is 5.24. The summed E-state index contributed by atoms with van der Waals surface area (Å²) in [5.74, 6) is 1.42. The zero-order valence-corrected chi connectivity index (χ0v) is 20.8. The number of guanidine groups is 1. The molecule has 0 aromatic heterocycles. The van der Waals surface area contributed by atoms with Gasteiger partial charge in [0.05, 0.1) is 6.10 Å². The number of hydrogen-bond donors (Lipinski definition) is 2. The van der Waals surface area contributed by atoms with Gasteiger partial charge in [0.2, 0.25) is 5.91 Å². The summed E-state index contributed by atoms with van der Waals surface area (Å²) in [6.45, 7) is 7.33. The van der Waals surface area contributed by atoms with Crippen molar-refractivity contribution in [2.75, 3.05) is 40.3 Å². The van der Waals surface area contributed by atoms with Crippen LogP contribution in [-0.2, 0) is 9.53 Å². The van der Waals surface area contributed by atoms with E-state index in [1.807, 2.05) is 0 Å². The molecule has 7 heteroatoms. The molecule has 2 unspecified atom stereocenters. The van der Waals surface area contributed by atoms with Crippen LogP contribution in [-0.4, -0.2) is 63.2 Å². The quantitative estimate of drug-likeness (QED) is 0.182. The molecule has 1 aliphatic heterocycles. The predicted octanol–water partition coefficient (Wildman–Crippen LogP) is 3.79. The average Bonchev–Trinajstić information content (AvgIpc) is 2.69. The van der Waals surface area contributed by atoms with E-state index in [4.69, 9.17) is 4.74 Å². The van der Waals surface area contributed by atoms with Crippen LogP contribution < -0.4 is 10.6 Å². The highest BCUT2D eigenvalue weighted by molar-refractivity contribution is 14.0. The number of carbonyl (C=O) groups excluding carboxylic acids is 1. The van der Waals surface area contributed by atoms with Gasteiger partial charge in [0.15, 0.2) is 5.96 Å². The fourth-order valence-corrected chi connectivity index (χ4v) is 3.22. The summed E-state index contributed by atoms with van der Waals surface area (Å²) in [6, 6.07) is 0. The zero-order valence-electron chi connectivity index (χ0n) is 18.5. The molecule has 1 heterocycles. The molecule has 0 radical (unpaired) electrons. The van der Waals surface area contributed by atoms with Crippen LogP contribution >= 0.6 is 24.0 Å². The molecule has 0 aromatic rings. The first-order valence-electron chi connectivity index (χ1n) is 10.9. The second-order valence-corrected chi connectivity index (χ2v) is 7.81. The molecule has 1 rings (SSSR count). The first kappa shape index (κ1) is 27.4. The molecule has 1 amide bonds. The van der Waals surface area contributed by atoms with Crippen molar-refractivity contribution in [3.63, 3.8) is 0 Å². The smallest absolute Gasteiger partial charge is 0.243 e. The monoisotopic (exact) mass is 510 g/mol. The van der Waals surface area contributed by atoms with Crippen molar-refractivity contribution < 1.29 is 9.53 Å². The Morgan fingerprint density at radius 3 is 2.61 bits per heavy atom. The van der Waals surface area contributed by atoms with E-state index in [1.165, 1.54) is 38.5 Å². The molecular formula is C21H43IN4O2. The molecule has 28 heavy (non-hydrogen) atoms. The van der Waals surface area contributed by atoms with Gasteiger partial charge in [-0.15, -0.1) is 24.0 Å². The molecule has 0 aliphatic carbocycles. The summed E-state index contributed by atoms with van der Waals surface area (Å²) in [5, 5.41) is 6.85. The van der Waals surface area contributed by atoms with Crippen LogP contribution in [0, 0.1) is 5.92 Å². The molecule has 2 atom stereocenters. The number of nitrogens with zero attached hydrogens (tertiary/aromatic N) is 2. The Labute approximate surface area is 189 Å². The van der Waals surface area contributed by atoms with E-state index in [0.717, 1.165) is 44.9 Å². The van der Waals surface area contributed by atoms with Crippen molar-refractivity contribution in [2.45, 2.75) is 77.7 Å². The highest BCUT2D eigenvalue weighted by Crippen LogP contribution is 2.16. The number of ether oxygens (including phenoxy) is 1. The summed E-state index contributed by atoms with van der Waals surface area (Å²) >= 11 is 0. The van der Waals surface area contributed by atoms with Crippen molar-refractivity contribution >= 4 is 35.8 Å². The van der Waals surface area contributed by atoms with Crippen LogP contribution in [0.15, 0.2) is 4.99 Å². The molecule has 2 N–H and O–H groups in total. The third kappa shape index (κ3) is 12.8. The van der Waals surface area contributed by atoms with Gasteiger partial charge in [0.25, 0.3) is 0 Å². The zero-order chi connectivity index (χ0) is 19.9. The first-order chi connectivity index (χ1) is 13.1. The van der Waals surface area contributed by atoms with Gasteiger partial charge in [0.1, 0.15) is 6.54 Å². The summed E-state index contributed by atoms with van der Waals surface area (Å²) < 4.78 is 5.80. The molecular weight excluding hydrogens is 467 g/mol. The van der Waals surface area contributed by atoms with Gasteiger partial charge in [-0.1, -0.05) is 33.1 Å². The molecule has 1 saturated heterocycles. The summed E-state index contributed by atoms with van der Waals surface area (Å²) in [6.07, 6.45) is 11.1. The highest BCUT2D eigenvalue weighted by atomic mass is 127. The molecule has 1 fully saturated rings. The minimum absolute atomic E-state index is 0. The van der Waals surface area contributed by atoms with Crippen LogP contribution in [0.5, 0.6) is 0 Å². The Bertz CT molecular complexity index is 427. The van der Waals surface area contributed by atoms with Gasteiger partial charge in [-0.05, 0) is 44.4 Å². The minimum Gasteiger partial charge on any atom is -0.378 e. The SMILES string of the molecule is CCCCC(CC)CNC(=NCC(=O)N(C)C)NCCCC1CCCCO1.I. The molecule has 0 aromatic carbocycles. The van der Waals surface area contributed by atoms with Gasteiger partial charge in [-0.3, -0.25) is 4.79 Å². The van der Waals surface area contributed by atoms with E-state index in [-0.39, 0.29) is 36.4 Å². The largest absolute Gasteiger partial charge is 0.378 e. The second-order valence-electron chi connectivity index (χ2n) is 7.81. The van der Waals surface area contributed by atoms with E-state index < -0.39 is 0 Å². The number of halogens is 1. The fourth-order valence-electron chi connectivity index (χ4n) is 3.22.